The van der Waals surface area contributed by atoms with Crippen molar-refractivity contribution < 1.29 is 19.4 Å². The molecule has 2 aromatic rings. The average Bonchev–Trinajstić information content (AvgIpc) is 3.31. The summed E-state index contributed by atoms with van der Waals surface area (Å²) in [5.41, 5.74) is 0.927. The first-order chi connectivity index (χ1) is 10.7. The van der Waals surface area contributed by atoms with E-state index in [0.717, 1.165) is 16.9 Å². The van der Waals surface area contributed by atoms with Crippen molar-refractivity contribution in [3.63, 3.8) is 0 Å². The normalized spacial score (nSPS) is 23.0. The molecule has 4 heteroatoms. The number of ether oxygens (including phenoxy) is 2. The van der Waals surface area contributed by atoms with Gasteiger partial charge in [-0.25, -0.2) is 4.79 Å². The summed E-state index contributed by atoms with van der Waals surface area (Å²) in [6, 6.07) is 17.4. The van der Waals surface area contributed by atoms with Gasteiger partial charge in [0.2, 0.25) is 0 Å². The number of carboxylic acid groups (broad SMARTS) is 1. The lowest BCUT2D eigenvalue weighted by molar-refractivity contribution is -0.143. The third-order valence-corrected chi connectivity index (χ3v) is 4.01. The lowest BCUT2D eigenvalue weighted by atomic mass is 9.97. The van der Waals surface area contributed by atoms with E-state index in [1.54, 1.807) is 0 Å². The van der Waals surface area contributed by atoms with Crippen molar-refractivity contribution in [1.29, 1.82) is 0 Å². The van der Waals surface area contributed by atoms with E-state index in [1.165, 1.54) is 0 Å². The summed E-state index contributed by atoms with van der Waals surface area (Å²) >= 11 is 0. The molecule has 2 aromatic carbocycles. The molecule has 4 nitrogen and oxygen atoms in total. The Bertz CT molecular complexity index is 651. The highest BCUT2D eigenvalue weighted by Gasteiger charge is 2.62. The second-order valence-electron chi connectivity index (χ2n) is 5.39. The van der Waals surface area contributed by atoms with Crippen LogP contribution in [0, 0.1) is 0 Å². The highest BCUT2D eigenvalue weighted by molar-refractivity contribution is 5.81. The Kier molecular flexibility index (Phi) is 3.86. The van der Waals surface area contributed by atoms with Crippen LogP contribution in [0.3, 0.4) is 0 Å². The molecular formula is C18H18O4. The summed E-state index contributed by atoms with van der Waals surface area (Å²) in [4.78, 5) is 11.3. The van der Waals surface area contributed by atoms with Gasteiger partial charge in [-0.1, -0.05) is 49.4 Å². The molecule has 22 heavy (non-hydrogen) atoms. The summed E-state index contributed by atoms with van der Waals surface area (Å²) in [6.45, 7) is 2.33. The smallest absolute Gasteiger partial charge is 0.339 e. The van der Waals surface area contributed by atoms with Gasteiger partial charge in [0.05, 0.1) is 0 Å². The van der Waals surface area contributed by atoms with E-state index in [9.17, 15) is 9.90 Å². The van der Waals surface area contributed by atoms with E-state index in [1.807, 2.05) is 61.5 Å². The Balaban J connectivity index is 1.63. The van der Waals surface area contributed by atoms with Crippen LogP contribution in [0.15, 0.2) is 54.6 Å². The van der Waals surface area contributed by atoms with Crippen LogP contribution in [0.4, 0.5) is 0 Å². The van der Waals surface area contributed by atoms with Crippen LogP contribution in [0.2, 0.25) is 0 Å². The zero-order valence-corrected chi connectivity index (χ0v) is 12.4. The quantitative estimate of drug-likeness (QED) is 0.828. The topological polar surface area (TPSA) is 59.1 Å². The van der Waals surface area contributed by atoms with Gasteiger partial charge in [0.25, 0.3) is 0 Å². The monoisotopic (exact) mass is 298 g/mol. The van der Waals surface area contributed by atoms with Gasteiger partial charge in [-0.2, -0.15) is 0 Å². The molecule has 2 unspecified atom stereocenters. The Hall–Kier alpha value is -2.33. The fourth-order valence-electron chi connectivity index (χ4n) is 2.58. The van der Waals surface area contributed by atoms with Crippen LogP contribution in [-0.4, -0.2) is 16.7 Å². The number of benzene rings is 2. The van der Waals surface area contributed by atoms with Gasteiger partial charge >= 0.3 is 5.97 Å². The average molecular weight is 298 g/mol. The van der Waals surface area contributed by atoms with Gasteiger partial charge in [-0.15, -0.1) is 0 Å². The van der Waals surface area contributed by atoms with Crippen LogP contribution >= 0.6 is 0 Å². The maximum absolute atomic E-state index is 11.3. The zero-order chi connectivity index (χ0) is 15.6. The highest BCUT2D eigenvalue weighted by atomic mass is 16.6. The van der Waals surface area contributed by atoms with Crippen LogP contribution in [0.5, 0.6) is 5.75 Å². The maximum Gasteiger partial charge on any atom is 0.339 e. The molecule has 0 saturated carbocycles. The molecule has 1 aliphatic rings. The third kappa shape index (κ3) is 2.70. The minimum atomic E-state index is -1.05. The molecule has 0 radical (unpaired) electrons. The Morgan fingerprint density at radius 2 is 1.86 bits per heavy atom. The van der Waals surface area contributed by atoms with E-state index in [-0.39, 0.29) is 6.10 Å². The summed E-state index contributed by atoms with van der Waals surface area (Å²) in [5, 5.41) is 9.25. The van der Waals surface area contributed by atoms with E-state index >= 15 is 0 Å². The van der Waals surface area contributed by atoms with Gasteiger partial charge in [-0.05, 0) is 29.7 Å². The number of hydrogen-bond donors (Lipinski definition) is 1. The van der Waals surface area contributed by atoms with Crippen LogP contribution in [-0.2, 0) is 16.1 Å². The third-order valence-electron chi connectivity index (χ3n) is 4.01. The highest BCUT2D eigenvalue weighted by Crippen LogP contribution is 2.52. The van der Waals surface area contributed by atoms with E-state index < -0.39 is 11.6 Å². The number of hydrogen-bond acceptors (Lipinski definition) is 3. The zero-order valence-electron chi connectivity index (χ0n) is 12.4. The largest absolute Gasteiger partial charge is 0.489 e. The van der Waals surface area contributed by atoms with Crippen LogP contribution in [0.1, 0.15) is 30.6 Å². The first-order valence-corrected chi connectivity index (χ1v) is 7.33. The van der Waals surface area contributed by atoms with Crippen LogP contribution in [0.25, 0.3) is 0 Å². The van der Waals surface area contributed by atoms with Crippen molar-refractivity contribution in [2.45, 2.75) is 31.7 Å². The van der Waals surface area contributed by atoms with E-state index in [2.05, 4.69) is 0 Å². The first-order valence-electron chi connectivity index (χ1n) is 7.33. The number of rotatable bonds is 6. The Labute approximate surface area is 129 Å². The molecule has 114 valence electrons. The molecule has 0 aliphatic carbocycles. The summed E-state index contributed by atoms with van der Waals surface area (Å²) in [6.07, 6.45) is 0.0948. The lowest BCUT2D eigenvalue weighted by Crippen LogP contribution is -2.23. The first kappa shape index (κ1) is 14.6. The molecule has 0 spiro atoms. The van der Waals surface area contributed by atoms with Crippen molar-refractivity contribution in [3.05, 3.63) is 65.7 Å². The van der Waals surface area contributed by atoms with Crippen molar-refractivity contribution in [3.8, 4) is 5.75 Å². The molecule has 1 N–H and O–H groups in total. The van der Waals surface area contributed by atoms with E-state index in [4.69, 9.17) is 9.47 Å². The standard InChI is InChI=1S/C18H18O4/c1-2-18(17(19)20)16(22-18)14-8-10-15(11-9-14)21-12-13-6-4-3-5-7-13/h3-11,16H,2,12H2,1H3,(H,19,20). The summed E-state index contributed by atoms with van der Waals surface area (Å²) < 4.78 is 11.1. The minimum Gasteiger partial charge on any atom is -0.489 e. The lowest BCUT2D eigenvalue weighted by Gasteiger charge is -2.07. The summed E-state index contributed by atoms with van der Waals surface area (Å²) in [5.74, 6) is -0.143. The maximum atomic E-state index is 11.3. The minimum absolute atomic E-state index is 0.363. The van der Waals surface area contributed by atoms with Crippen molar-refractivity contribution in [2.24, 2.45) is 0 Å². The van der Waals surface area contributed by atoms with Crippen molar-refractivity contribution >= 4 is 5.97 Å². The van der Waals surface area contributed by atoms with Gasteiger partial charge in [-0.3, -0.25) is 0 Å². The fourth-order valence-corrected chi connectivity index (χ4v) is 2.58. The van der Waals surface area contributed by atoms with E-state index in [0.29, 0.717) is 13.0 Å². The molecule has 1 fully saturated rings. The van der Waals surface area contributed by atoms with Crippen molar-refractivity contribution in [1.82, 2.24) is 0 Å². The number of epoxide rings is 1. The summed E-state index contributed by atoms with van der Waals surface area (Å²) in [7, 11) is 0. The molecule has 1 aliphatic heterocycles. The van der Waals surface area contributed by atoms with Gasteiger partial charge in [0, 0.05) is 0 Å². The van der Waals surface area contributed by atoms with Gasteiger partial charge < -0.3 is 14.6 Å². The second-order valence-corrected chi connectivity index (χ2v) is 5.39. The van der Waals surface area contributed by atoms with Gasteiger partial charge in [0.15, 0.2) is 5.60 Å². The second kappa shape index (κ2) is 5.81. The Morgan fingerprint density at radius 1 is 1.18 bits per heavy atom. The number of carboxylic acids is 1. The molecule has 3 rings (SSSR count). The molecule has 0 aromatic heterocycles. The SMILES string of the molecule is CCC1(C(=O)O)OC1c1ccc(OCc2ccccc2)cc1. The van der Waals surface area contributed by atoms with Crippen molar-refractivity contribution in [2.75, 3.05) is 0 Å². The molecule has 2 atom stereocenters. The molecular weight excluding hydrogens is 280 g/mol. The Morgan fingerprint density at radius 3 is 2.41 bits per heavy atom. The molecule has 0 amide bonds. The predicted octanol–water partition coefficient (Wildman–Crippen LogP) is 3.57. The number of carbonyl (C=O) groups is 1. The van der Waals surface area contributed by atoms with Crippen LogP contribution < -0.4 is 4.74 Å². The fraction of sp³-hybridized carbons (Fsp3) is 0.278. The molecule has 1 heterocycles. The number of aliphatic carboxylic acids is 1. The molecule has 0 bridgehead atoms. The van der Waals surface area contributed by atoms with Gasteiger partial charge in [0.1, 0.15) is 18.5 Å². The molecule has 1 saturated heterocycles. The predicted molar refractivity (Wildman–Crippen MR) is 81.7 cm³/mol.